The van der Waals surface area contributed by atoms with Crippen molar-refractivity contribution >= 4 is 58.7 Å². The number of hydrogen-bond acceptors (Lipinski definition) is 7. The quantitative estimate of drug-likeness (QED) is 0.194. The van der Waals surface area contributed by atoms with E-state index in [-0.39, 0.29) is 23.1 Å². The monoisotopic (exact) mass is 576 g/mol. The maximum Gasteiger partial charge on any atom is 0.256 e. The van der Waals surface area contributed by atoms with Crippen molar-refractivity contribution in [2.75, 3.05) is 24.2 Å². The molecule has 2 heterocycles. The van der Waals surface area contributed by atoms with Crippen LogP contribution in [-0.4, -0.2) is 36.6 Å². The Morgan fingerprint density at radius 2 is 1.82 bits per heavy atom. The minimum atomic E-state index is -0.191. The van der Waals surface area contributed by atoms with Gasteiger partial charge in [-0.15, -0.1) is 11.8 Å². The number of amides is 3. The van der Waals surface area contributed by atoms with Crippen LogP contribution in [0.1, 0.15) is 45.0 Å². The summed E-state index contributed by atoms with van der Waals surface area (Å²) >= 11 is 4.97. The Morgan fingerprint density at radius 3 is 2.64 bits per heavy atom. The van der Waals surface area contributed by atoms with E-state index in [1.165, 1.54) is 29.1 Å². The van der Waals surface area contributed by atoms with Gasteiger partial charge in [-0.2, -0.15) is 0 Å². The normalized spacial score (nSPS) is 15.7. The second-order valence-electron chi connectivity index (χ2n) is 8.98. The highest BCUT2D eigenvalue weighted by molar-refractivity contribution is 8.03. The van der Waals surface area contributed by atoms with Crippen molar-refractivity contribution in [3.63, 3.8) is 0 Å². The fraction of sp³-hybridized carbons (Fsp3) is 0.207. The van der Waals surface area contributed by atoms with Crippen molar-refractivity contribution in [1.82, 2.24) is 16.0 Å². The molecule has 0 saturated carbocycles. The molecule has 10 heteroatoms. The van der Waals surface area contributed by atoms with E-state index < -0.39 is 0 Å². The molecule has 200 valence electrons. The first-order chi connectivity index (χ1) is 19.0. The summed E-state index contributed by atoms with van der Waals surface area (Å²) in [6.45, 7) is 2.65. The van der Waals surface area contributed by atoms with E-state index in [4.69, 9.17) is 0 Å². The molecule has 2 aliphatic heterocycles. The van der Waals surface area contributed by atoms with Crippen molar-refractivity contribution in [1.29, 1.82) is 0 Å². The standard InChI is InChI=1S/C29H28N4O3S3/c1-18(34)30-13-4-14-37-21-10-7-19(8-11-21)29-32-17-22(38-29)16-31-27(35)20-9-12-26-24(15-20)33-28(36)23-5-2-3-6-25(23)39-26/h2-3,5-12,15,17,29,32H,4,13-14,16H2,1H3,(H,30,34)(H,31,35)(H,33,36). The molecule has 7 nitrogen and oxygen atoms in total. The smallest absolute Gasteiger partial charge is 0.256 e. The second-order valence-corrected chi connectivity index (χ2v) is 12.5. The van der Waals surface area contributed by atoms with Crippen LogP contribution >= 0.6 is 35.3 Å². The number of thioether (sulfide) groups is 2. The van der Waals surface area contributed by atoms with Crippen LogP contribution in [0, 0.1) is 0 Å². The first-order valence-corrected chi connectivity index (χ1v) is 15.2. The summed E-state index contributed by atoms with van der Waals surface area (Å²) in [5.74, 6) is 0.592. The molecule has 0 bridgehead atoms. The summed E-state index contributed by atoms with van der Waals surface area (Å²) in [6.07, 6.45) is 2.88. The van der Waals surface area contributed by atoms with Crippen molar-refractivity contribution in [3.05, 3.63) is 94.5 Å². The third-order valence-corrected chi connectivity index (χ3v) is 9.54. The predicted molar refractivity (Wildman–Crippen MR) is 159 cm³/mol. The molecule has 4 N–H and O–H groups in total. The molecule has 3 aromatic carbocycles. The molecule has 1 unspecified atom stereocenters. The second kappa shape index (κ2) is 12.7. The van der Waals surface area contributed by atoms with E-state index in [1.807, 2.05) is 30.5 Å². The Balaban J connectivity index is 1.10. The molecular weight excluding hydrogens is 549 g/mol. The van der Waals surface area contributed by atoms with E-state index in [1.54, 1.807) is 41.7 Å². The highest BCUT2D eigenvalue weighted by Crippen LogP contribution is 2.39. The van der Waals surface area contributed by atoms with Crippen LogP contribution < -0.4 is 21.3 Å². The lowest BCUT2D eigenvalue weighted by atomic mass is 10.1. The molecule has 39 heavy (non-hydrogen) atoms. The fourth-order valence-corrected chi connectivity index (χ4v) is 6.98. The van der Waals surface area contributed by atoms with Gasteiger partial charge >= 0.3 is 0 Å². The zero-order chi connectivity index (χ0) is 27.2. The van der Waals surface area contributed by atoms with Crippen LogP contribution in [0.4, 0.5) is 5.69 Å². The van der Waals surface area contributed by atoms with Gasteiger partial charge in [0.15, 0.2) is 0 Å². The van der Waals surface area contributed by atoms with E-state index in [9.17, 15) is 14.4 Å². The Bertz CT molecular complexity index is 1430. The molecule has 3 amide bonds. The zero-order valence-electron chi connectivity index (χ0n) is 21.3. The molecule has 0 saturated heterocycles. The van der Waals surface area contributed by atoms with Crippen LogP contribution in [0.3, 0.4) is 0 Å². The minimum absolute atomic E-state index is 0.00764. The van der Waals surface area contributed by atoms with Crippen LogP contribution in [0.5, 0.6) is 0 Å². The van der Waals surface area contributed by atoms with E-state index >= 15 is 0 Å². The van der Waals surface area contributed by atoms with Gasteiger partial charge in [0.25, 0.3) is 11.8 Å². The van der Waals surface area contributed by atoms with Crippen molar-refractivity contribution in [3.8, 4) is 0 Å². The van der Waals surface area contributed by atoms with E-state index in [0.717, 1.165) is 26.9 Å². The summed E-state index contributed by atoms with van der Waals surface area (Å²) in [7, 11) is 0. The van der Waals surface area contributed by atoms with Gasteiger partial charge in [-0.1, -0.05) is 47.8 Å². The van der Waals surface area contributed by atoms with Gasteiger partial charge in [0.1, 0.15) is 5.37 Å². The molecule has 3 aromatic rings. The molecule has 5 rings (SSSR count). The number of rotatable bonds is 9. The molecule has 0 fully saturated rings. The maximum atomic E-state index is 12.9. The molecule has 0 radical (unpaired) electrons. The average Bonchev–Trinajstić information content (AvgIpc) is 3.36. The van der Waals surface area contributed by atoms with Crippen molar-refractivity contribution in [2.45, 2.75) is 33.4 Å². The van der Waals surface area contributed by atoms with Gasteiger partial charge in [0.2, 0.25) is 5.91 Å². The zero-order valence-corrected chi connectivity index (χ0v) is 23.7. The highest BCUT2D eigenvalue weighted by Gasteiger charge is 2.22. The molecule has 0 aliphatic carbocycles. The maximum absolute atomic E-state index is 12.9. The first-order valence-electron chi connectivity index (χ1n) is 12.6. The Kier molecular flexibility index (Phi) is 8.85. The largest absolute Gasteiger partial charge is 0.374 e. The van der Waals surface area contributed by atoms with Gasteiger partial charge in [-0.05, 0) is 60.2 Å². The summed E-state index contributed by atoms with van der Waals surface area (Å²) in [5.41, 5.74) is 2.93. The summed E-state index contributed by atoms with van der Waals surface area (Å²) < 4.78 is 0. The third-order valence-electron chi connectivity index (χ3n) is 6.08. The number of benzene rings is 3. The van der Waals surface area contributed by atoms with Crippen LogP contribution in [-0.2, 0) is 4.79 Å². The summed E-state index contributed by atoms with van der Waals surface area (Å²) in [6, 6.07) is 21.4. The lowest BCUT2D eigenvalue weighted by Crippen LogP contribution is -2.25. The molecule has 0 aromatic heterocycles. The average molecular weight is 577 g/mol. The Hall–Kier alpha value is -3.34. The highest BCUT2D eigenvalue weighted by atomic mass is 32.2. The Morgan fingerprint density at radius 1 is 1.00 bits per heavy atom. The minimum Gasteiger partial charge on any atom is -0.374 e. The molecule has 2 aliphatic rings. The predicted octanol–water partition coefficient (Wildman–Crippen LogP) is 5.63. The Labute approximate surface area is 240 Å². The van der Waals surface area contributed by atoms with E-state index in [2.05, 4.69) is 45.5 Å². The first kappa shape index (κ1) is 27.2. The molecule has 0 spiro atoms. The van der Waals surface area contributed by atoms with Crippen LogP contribution in [0.25, 0.3) is 0 Å². The number of carbonyl (C=O) groups is 3. The SMILES string of the molecule is CC(=O)NCCCSc1ccc(C2NC=C(CNC(=O)c3ccc4c(c3)NC(=O)c3ccccc3S4)S2)cc1. The summed E-state index contributed by atoms with van der Waals surface area (Å²) in [4.78, 5) is 40.5. The topological polar surface area (TPSA) is 99.3 Å². The van der Waals surface area contributed by atoms with Crippen molar-refractivity contribution in [2.24, 2.45) is 0 Å². The van der Waals surface area contributed by atoms with E-state index in [0.29, 0.717) is 29.9 Å². The van der Waals surface area contributed by atoms with Gasteiger partial charge < -0.3 is 21.3 Å². The molecule has 1 atom stereocenters. The number of carbonyl (C=O) groups excluding carboxylic acids is 3. The third kappa shape index (κ3) is 7.00. The number of hydrogen-bond donors (Lipinski definition) is 4. The number of anilines is 1. The van der Waals surface area contributed by atoms with Crippen LogP contribution in [0.15, 0.2) is 92.5 Å². The fourth-order valence-electron chi connectivity index (χ4n) is 4.09. The number of fused-ring (bicyclic) bond motifs is 2. The van der Waals surface area contributed by atoms with Gasteiger partial charge in [0.05, 0.1) is 17.8 Å². The van der Waals surface area contributed by atoms with Gasteiger partial charge in [0, 0.05) is 44.8 Å². The lowest BCUT2D eigenvalue weighted by molar-refractivity contribution is -0.118. The van der Waals surface area contributed by atoms with Gasteiger partial charge in [-0.25, -0.2) is 0 Å². The van der Waals surface area contributed by atoms with Gasteiger partial charge in [-0.3, -0.25) is 14.4 Å². The van der Waals surface area contributed by atoms with Crippen molar-refractivity contribution < 1.29 is 14.4 Å². The van der Waals surface area contributed by atoms with Crippen LogP contribution in [0.2, 0.25) is 0 Å². The molecular formula is C29H28N4O3S3. The summed E-state index contributed by atoms with van der Waals surface area (Å²) in [5, 5.41) is 12.2. The lowest BCUT2D eigenvalue weighted by Gasteiger charge is -2.13. The number of nitrogens with one attached hydrogen (secondary N) is 4.